The molecule has 2 aromatic rings. The van der Waals surface area contributed by atoms with E-state index in [1.165, 1.54) is 38.1 Å². The molecule has 0 radical (unpaired) electrons. The monoisotopic (exact) mass is 381 g/mol. The van der Waals surface area contributed by atoms with Gasteiger partial charge >= 0.3 is 0 Å². The van der Waals surface area contributed by atoms with E-state index >= 15 is 0 Å². The number of nitrogens with zero attached hydrogens (tertiary/aromatic N) is 3. The lowest BCUT2D eigenvalue weighted by atomic mass is 10.0. The summed E-state index contributed by atoms with van der Waals surface area (Å²) >= 11 is 2.45. The first-order chi connectivity index (χ1) is 9.49. The van der Waals surface area contributed by atoms with Crippen LogP contribution in [0.5, 0.6) is 0 Å². The molecule has 1 aliphatic heterocycles. The summed E-state index contributed by atoms with van der Waals surface area (Å²) < 4.78 is 3.33. The number of benzene rings is 1. The van der Waals surface area contributed by atoms with E-state index < -0.39 is 0 Å². The van der Waals surface area contributed by atoms with Gasteiger partial charge in [-0.2, -0.15) is 5.10 Å². The van der Waals surface area contributed by atoms with Gasteiger partial charge in [-0.15, -0.1) is 0 Å². The second-order valence-electron chi connectivity index (χ2n) is 5.68. The number of aryl methyl sites for hydroxylation is 3. The minimum atomic E-state index is 1.06. The van der Waals surface area contributed by atoms with Crippen LogP contribution in [-0.2, 0) is 13.5 Å². The number of hydrogen-bond acceptors (Lipinski definition) is 2. The molecule has 1 aliphatic rings. The first-order valence-electron chi connectivity index (χ1n) is 7.06. The van der Waals surface area contributed by atoms with E-state index in [1.54, 1.807) is 0 Å². The Morgan fingerprint density at radius 3 is 2.65 bits per heavy atom. The smallest absolute Gasteiger partial charge is 0.158 e. The van der Waals surface area contributed by atoms with Gasteiger partial charge in [-0.05, 0) is 73.4 Å². The van der Waals surface area contributed by atoms with Crippen LogP contribution in [0.15, 0.2) is 12.1 Å². The maximum atomic E-state index is 4.75. The molecule has 1 aromatic heterocycles. The van der Waals surface area contributed by atoms with Crippen molar-refractivity contribution in [2.45, 2.75) is 33.6 Å². The highest BCUT2D eigenvalue weighted by Crippen LogP contribution is 2.38. The fourth-order valence-corrected chi connectivity index (χ4v) is 4.34. The van der Waals surface area contributed by atoms with Gasteiger partial charge in [-0.25, -0.2) is 0 Å². The van der Waals surface area contributed by atoms with E-state index in [4.69, 9.17) is 5.10 Å². The molecule has 0 saturated heterocycles. The maximum Gasteiger partial charge on any atom is 0.158 e. The van der Waals surface area contributed by atoms with E-state index in [0.29, 0.717) is 0 Å². The zero-order valence-corrected chi connectivity index (χ0v) is 14.7. The molecule has 3 nitrogen and oxygen atoms in total. The SMILES string of the molecule is Cc1cc(C)c(N2CCCc3c2nn(C)c3C)c(I)c1. The summed E-state index contributed by atoms with van der Waals surface area (Å²) in [6.45, 7) is 7.59. The molecule has 3 rings (SSSR count). The van der Waals surface area contributed by atoms with Crippen LogP contribution in [0.1, 0.15) is 28.8 Å². The van der Waals surface area contributed by atoms with E-state index in [9.17, 15) is 0 Å². The second kappa shape index (κ2) is 5.06. The lowest BCUT2D eigenvalue weighted by Gasteiger charge is -2.30. The highest BCUT2D eigenvalue weighted by molar-refractivity contribution is 14.1. The van der Waals surface area contributed by atoms with Crippen molar-refractivity contribution >= 4 is 34.1 Å². The zero-order valence-electron chi connectivity index (χ0n) is 12.5. The first-order valence-corrected chi connectivity index (χ1v) is 8.13. The Morgan fingerprint density at radius 1 is 1.20 bits per heavy atom. The molecule has 1 aromatic carbocycles. The van der Waals surface area contributed by atoms with Gasteiger partial charge in [0.15, 0.2) is 5.82 Å². The van der Waals surface area contributed by atoms with Crippen LogP contribution in [0.3, 0.4) is 0 Å². The standard InChI is InChI=1S/C16H20IN3/c1-10-8-11(2)15(14(17)9-10)20-7-5-6-13-12(3)19(4)18-16(13)20/h8-9H,5-7H2,1-4H3. The summed E-state index contributed by atoms with van der Waals surface area (Å²) in [6, 6.07) is 4.52. The molecule has 0 fully saturated rings. The van der Waals surface area contributed by atoms with Crippen molar-refractivity contribution in [2.75, 3.05) is 11.4 Å². The van der Waals surface area contributed by atoms with Crippen LogP contribution < -0.4 is 4.90 Å². The predicted molar refractivity (Wildman–Crippen MR) is 91.9 cm³/mol. The Morgan fingerprint density at radius 2 is 1.95 bits per heavy atom. The summed E-state index contributed by atoms with van der Waals surface area (Å²) in [5, 5.41) is 4.75. The van der Waals surface area contributed by atoms with Gasteiger partial charge in [0.05, 0.1) is 5.69 Å². The van der Waals surface area contributed by atoms with E-state index in [2.05, 4.69) is 60.4 Å². The minimum Gasteiger partial charge on any atom is -0.323 e. The zero-order chi connectivity index (χ0) is 14.4. The Kier molecular flexibility index (Phi) is 3.52. The van der Waals surface area contributed by atoms with Gasteiger partial charge < -0.3 is 4.90 Å². The molecule has 0 atom stereocenters. The van der Waals surface area contributed by atoms with E-state index in [-0.39, 0.29) is 0 Å². The molecule has 2 heterocycles. The molecule has 20 heavy (non-hydrogen) atoms. The van der Waals surface area contributed by atoms with Crippen molar-refractivity contribution in [3.05, 3.63) is 38.1 Å². The number of aromatic nitrogens is 2. The fourth-order valence-electron chi connectivity index (χ4n) is 3.13. The number of rotatable bonds is 1. The van der Waals surface area contributed by atoms with Crippen molar-refractivity contribution in [2.24, 2.45) is 7.05 Å². The van der Waals surface area contributed by atoms with Crippen molar-refractivity contribution < 1.29 is 0 Å². The third-order valence-electron chi connectivity index (χ3n) is 4.17. The Hall–Kier alpha value is -1.04. The fraction of sp³-hybridized carbons (Fsp3) is 0.438. The van der Waals surface area contributed by atoms with Crippen LogP contribution in [0.4, 0.5) is 11.5 Å². The predicted octanol–water partition coefficient (Wildman–Crippen LogP) is 4.03. The Bertz CT molecular complexity index is 650. The molecular weight excluding hydrogens is 361 g/mol. The average molecular weight is 381 g/mol. The van der Waals surface area contributed by atoms with Crippen LogP contribution in [0.25, 0.3) is 0 Å². The largest absolute Gasteiger partial charge is 0.323 e. The molecule has 0 spiro atoms. The number of fused-ring (bicyclic) bond motifs is 1. The summed E-state index contributed by atoms with van der Waals surface area (Å²) in [6.07, 6.45) is 2.34. The number of hydrogen-bond donors (Lipinski definition) is 0. The molecule has 0 amide bonds. The Balaban J connectivity index is 2.16. The van der Waals surface area contributed by atoms with Crippen molar-refractivity contribution in [1.82, 2.24) is 9.78 Å². The van der Waals surface area contributed by atoms with Gasteiger partial charge in [-0.1, -0.05) is 6.07 Å². The normalized spacial score (nSPS) is 14.6. The van der Waals surface area contributed by atoms with Crippen LogP contribution in [0, 0.1) is 24.3 Å². The van der Waals surface area contributed by atoms with Crippen molar-refractivity contribution in [3.63, 3.8) is 0 Å². The molecule has 0 aliphatic carbocycles. The molecule has 0 bridgehead atoms. The molecular formula is C16H20IN3. The van der Waals surface area contributed by atoms with Gasteiger partial charge in [0.1, 0.15) is 0 Å². The lowest BCUT2D eigenvalue weighted by molar-refractivity contribution is 0.731. The molecule has 4 heteroatoms. The van der Waals surface area contributed by atoms with Gasteiger partial charge in [0.2, 0.25) is 0 Å². The van der Waals surface area contributed by atoms with Gasteiger partial charge in [0, 0.05) is 28.4 Å². The first kappa shape index (κ1) is 13.9. The number of halogens is 1. The molecule has 0 N–H and O–H groups in total. The van der Waals surface area contributed by atoms with Crippen molar-refractivity contribution in [1.29, 1.82) is 0 Å². The topological polar surface area (TPSA) is 21.1 Å². The summed E-state index contributed by atoms with van der Waals surface area (Å²) in [5.41, 5.74) is 6.70. The highest BCUT2D eigenvalue weighted by Gasteiger charge is 2.26. The summed E-state index contributed by atoms with van der Waals surface area (Å²) in [5.74, 6) is 1.15. The van der Waals surface area contributed by atoms with Gasteiger partial charge in [0.25, 0.3) is 0 Å². The lowest BCUT2D eigenvalue weighted by Crippen LogP contribution is -2.26. The van der Waals surface area contributed by atoms with Crippen LogP contribution >= 0.6 is 22.6 Å². The average Bonchev–Trinajstić information content (AvgIpc) is 2.66. The molecule has 106 valence electrons. The second-order valence-corrected chi connectivity index (χ2v) is 6.84. The highest BCUT2D eigenvalue weighted by atomic mass is 127. The Labute approximate surface area is 134 Å². The van der Waals surface area contributed by atoms with Crippen molar-refractivity contribution in [3.8, 4) is 0 Å². The number of anilines is 2. The maximum absolute atomic E-state index is 4.75. The van der Waals surface area contributed by atoms with Crippen LogP contribution in [0.2, 0.25) is 0 Å². The quantitative estimate of drug-likeness (QED) is 0.696. The molecule has 0 unspecified atom stereocenters. The third-order valence-corrected chi connectivity index (χ3v) is 4.99. The minimum absolute atomic E-state index is 1.06. The van der Waals surface area contributed by atoms with E-state index in [1.807, 2.05) is 11.7 Å². The third kappa shape index (κ3) is 2.14. The molecule has 0 saturated carbocycles. The van der Waals surface area contributed by atoms with E-state index in [0.717, 1.165) is 18.8 Å². The van der Waals surface area contributed by atoms with Gasteiger partial charge in [-0.3, -0.25) is 4.68 Å². The summed E-state index contributed by atoms with van der Waals surface area (Å²) in [4.78, 5) is 2.41. The van der Waals surface area contributed by atoms with Crippen LogP contribution in [-0.4, -0.2) is 16.3 Å². The summed E-state index contributed by atoms with van der Waals surface area (Å²) in [7, 11) is 2.04.